The van der Waals surface area contributed by atoms with E-state index in [4.69, 9.17) is 23.2 Å². The number of rotatable bonds is 6. The highest BCUT2D eigenvalue weighted by Crippen LogP contribution is 2.22. The summed E-state index contributed by atoms with van der Waals surface area (Å²) in [7, 11) is 0. The second-order valence-electron chi connectivity index (χ2n) is 6.73. The smallest absolute Gasteiger partial charge is 0.220 e. The van der Waals surface area contributed by atoms with Crippen LogP contribution in [0.4, 0.5) is 5.69 Å². The number of piperidine rings is 1. The van der Waals surface area contributed by atoms with Crippen LogP contribution in [0.5, 0.6) is 0 Å². The van der Waals surface area contributed by atoms with Gasteiger partial charge in [-0.2, -0.15) is 0 Å². The fourth-order valence-electron chi connectivity index (χ4n) is 3.24. The predicted octanol–water partition coefficient (Wildman–Crippen LogP) is 5.23. The molecule has 0 bridgehead atoms. The summed E-state index contributed by atoms with van der Waals surface area (Å²) in [4.78, 5) is 14.5. The maximum Gasteiger partial charge on any atom is 0.220 e. The van der Waals surface area contributed by atoms with Crippen molar-refractivity contribution in [3.05, 3.63) is 63.6 Å². The van der Waals surface area contributed by atoms with Gasteiger partial charge in [-0.3, -0.25) is 4.79 Å². The number of amides is 1. The lowest BCUT2D eigenvalue weighted by molar-refractivity contribution is -0.121. The Morgan fingerprint density at radius 2 is 1.73 bits per heavy atom. The topological polar surface area (TPSA) is 32.3 Å². The molecule has 1 saturated heterocycles. The van der Waals surface area contributed by atoms with Gasteiger partial charge in [-0.15, -0.1) is 0 Å². The van der Waals surface area contributed by atoms with Crippen molar-refractivity contribution in [3.63, 3.8) is 0 Å². The second kappa shape index (κ2) is 9.29. The molecule has 0 aliphatic carbocycles. The SMILES string of the molecule is O=C(CCc1ccc(Cl)cc1Cl)NCc1ccc(N2CCCCC2)cc1. The van der Waals surface area contributed by atoms with Gasteiger partial charge in [-0.1, -0.05) is 41.4 Å². The summed E-state index contributed by atoms with van der Waals surface area (Å²) < 4.78 is 0. The van der Waals surface area contributed by atoms with E-state index in [2.05, 4.69) is 34.5 Å². The molecule has 0 saturated carbocycles. The highest BCUT2D eigenvalue weighted by molar-refractivity contribution is 6.35. The van der Waals surface area contributed by atoms with E-state index in [9.17, 15) is 4.79 Å². The molecule has 3 rings (SSSR count). The number of halogens is 2. The lowest BCUT2D eigenvalue weighted by atomic mass is 10.1. The van der Waals surface area contributed by atoms with Crippen molar-refractivity contribution >= 4 is 34.8 Å². The average Bonchev–Trinajstić information content (AvgIpc) is 2.67. The number of aryl methyl sites for hydroxylation is 1. The Bertz CT molecular complexity index is 740. The zero-order valence-corrected chi connectivity index (χ0v) is 16.3. The van der Waals surface area contributed by atoms with Crippen LogP contribution in [-0.2, 0) is 17.8 Å². The molecule has 0 spiro atoms. The van der Waals surface area contributed by atoms with Crippen LogP contribution in [0, 0.1) is 0 Å². The van der Waals surface area contributed by atoms with Crippen LogP contribution in [0.15, 0.2) is 42.5 Å². The van der Waals surface area contributed by atoms with Gasteiger partial charge in [0.1, 0.15) is 0 Å². The van der Waals surface area contributed by atoms with E-state index in [1.54, 1.807) is 12.1 Å². The minimum absolute atomic E-state index is 0.0242. The maximum atomic E-state index is 12.1. The lowest BCUT2D eigenvalue weighted by Crippen LogP contribution is -2.29. The van der Waals surface area contributed by atoms with E-state index >= 15 is 0 Å². The molecule has 5 heteroatoms. The van der Waals surface area contributed by atoms with Crippen molar-refractivity contribution in [3.8, 4) is 0 Å². The summed E-state index contributed by atoms with van der Waals surface area (Å²) in [6.45, 7) is 2.83. The number of nitrogens with one attached hydrogen (secondary N) is 1. The van der Waals surface area contributed by atoms with Gasteiger partial charge >= 0.3 is 0 Å². The Hall–Kier alpha value is -1.71. The minimum Gasteiger partial charge on any atom is -0.372 e. The van der Waals surface area contributed by atoms with Gasteiger partial charge in [0.25, 0.3) is 0 Å². The van der Waals surface area contributed by atoms with Gasteiger partial charge in [0.2, 0.25) is 5.91 Å². The molecule has 1 aliphatic rings. The van der Waals surface area contributed by atoms with Crippen molar-refractivity contribution < 1.29 is 4.79 Å². The third kappa shape index (κ3) is 5.39. The number of hydrogen-bond donors (Lipinski definition) is 1. The molecule has 2 aromatic rings. The standard InChI is InChI=1S/C21H24Cl2N2O/c22-18-8-6-17(20(23)14-18)7-11-21(26)24-15-16-4-9-19(10-5-16)25-12-2-1-3-13-25/h4-6,8-10,14H,1-3,7,11-13,15H2,(H,24,26). The van der Waals surface area contributed by atoms with Gasteiger partial charge in [-0.25, -0.2) is 0 Å². The van der Waals surface area contributed by atoms with Gasteiger partial charge in [-0.05, 0) is 61.1 Å². The Morgan fingerprint density at radius 1 is 1.00 bits per heavy atom. The van der Waals surface area contributed by atoms with E-state index in [0.29, 0.717) is 29.4 Å². The van der Waals surface area contributed by atoms with E-state index < -0.39 is 0 Å². The number of benzene rings is 2. The first kappa shape index (κ1) is 19.1. The van der Waals surface area contributed by atoms with Gasteiger partial charge in [0.05, 0.1) is 0 Å². The minimum atomic E-state index is 0.0242. The largest absolute Gasteiger partial charge is 0.372 e. The van der Waals surface area contributed by atoms with E-state index in [1.807, 2.05) is 6.07 Å². The highest BCUT2D eigenvalue weighted by atomic mass is 35.5. The van der Waals surface area contributed by atoms with E-state index in [-0.39, 0.29) is 5.91 Å². The zero-order valence-electron chi connectivity index (χ0n) is 14.8. The number of nitrogens with zero attached hydrogens (tertiary/aromatic N) is 1. The van der Waals surface area contributed by atoms with Crippen molar-refractivity contribution in [1.82, 2.24) is 5.32 Å². The first-order valence-electron chi connectivity index (χ1n) is 9.16. The van der Waals surface area contributed by atoms with E-state index in [0.717, 1.165) is 24.2 Å². The van der Waals surface area contributed by atoms with Gasteiger partial charge in [0.15, 0.2) is 0 Å². The lowest BCUT2D eigenvalue weighted by Gasteiger charge is -2.28. The summed E-state index contributed by atoms with van der Waals surface area (Å²) in [6.07, 6.45) is 4.90. The first-order valence-corrected chi connectivity index (χ1v) is 9.92. The molecule has 3 nitrogen and oxygen atoms in total. The van der Waals surface area contributed by atoms with Crippen LogP contribution in [0.1, 0.15) is 36.8 Å². The number of carbonyl (C=O) groups excluding carboxylic acids is 1. The molecule has 1 fully saturated rings. The molecule has 1 amide bonds. The maximum absolute atomic E-state index is 12.1. The van der Waals surface area contributed by atoms with Crippen molar-refractivity contribution in [2.24, 2.45) is 0 Å². The molecule has 1 aliphatic heterocycles. The van der Waals surface area contributed by atoms with Crippen LogP contribution >= 0.6 is 23.2 Å². The van der Waals surface area contributed by atoms with Crippen LogP contribution in [-0.4, -0.2) is 19.0 Å². The zero-order chi connectivity index (χ0) is 18.4. The summed E-state index contributed by atoms with van der Waals surface area (Å²) in [6, 6.07) is 13.9. The Kier molecular flexibility index (Phi) is 6.81. The predicted molar refractivity (Wildman–Crippen MR) is 109 cm³/mol. The monoisotopic (exact) mass is 390 g/mol. The van der Waals surface area contributed by atoms with Crippen molar-refractivity contribution in [2.45, 2.75) is 38.6 Å². The Labute approximate surface area is 165 Å². The van der Waals surface area contributed by atoms with Crippen LogP contribution in [0.25, 0.3) is 0 Å². The van der Waals surface area contributed by atoms with Gasteiger partial charge < -0.3 is 10.2 Å². The number of carbonyl (C=O) groups is 1. The third-order valence-electron chi connectivity index (χ3n) is 4.78. The van der Waals surface area contributed by atoms with Crippen molar-refractivity contribution in [2.75, 3.05) is 18.0 Å². The number of anilines is 1. The van der Waals surface area contributed by atoms with Crippen LogP contribution < -0.4 is 10.2 Å². The van der Waals surface area contributed by atoms with Gasteiger partial charge in [0, 0.05) is 41.8 Å². The average molecular weight is 391 g/mol. The van der Waals surface area contributed by atoms with Crippen LogP contribution in [0.3, 0.4) is 0 Å². The number of hydrogen-bond acceptors (Lipinski definition) is 2. The van der Waals surface area contributed by atoms with E-state index in [1.165, 1.54) is 24.9 Å². The molecule has 0 radical (unpaired) electrons. The fourth-order valence-corrected chi connectivity index (χ4v) is 3.74. The molecule has 2 aromatic carbocycles. The molecule has 1 heterocycles. The summed E-state index contributed by atoms with van der Waals surface area (Å²) in [5.41, 5.74) is 3.33. The van der Waals surface area contributed by atoms with Crippen LogP contribution in [0.2, 0.25) is 10.0 Å². The highest BCUT2D eigenvalue weighted by Gasteiger charge is 2.11. The normalized spacial score (nSPS) is 14.3. The fraction of sp³-hybridized carbons (Fsp3) is 0.381. The quantitative estimate of drug-likeness (QED) is 0.731. The third-order valence-corrected chi connectivity index (χ3v) is 5.37. The molecule has 0 unspecified atom stereocenters. The molecular formula is C21H24Cl2N2O. The molecule has 0 aromatic heterocycles. The van der Waals surface area contributed by atoms with Crippen molar-refractivity contribution in [1.29, 1.82) is 0 Å². The second-order valence-corrected chi connectivity index (χ2v) is 7.57. The Balaban J connectivity index is 1.45. The molecule has 26 heavy (non-hydrogen) atoms. The first-order chi connectivity index (χ1) is 12.6. The molecular weight excluding hydrogens is 367 g/mol. The molecule has 1 N–H and O–H groups in total. The molecule has 138 valence electrons. The summed E-state index contributed by atoms with van der Waals surface area (Å²) in [5.74, 6) is 0.0242. The molecule has 0 atom stereocenters. The summed E-state index contributed by atoms with van der Waals surface area (Å²) in [5, 5.41) is 4.19. The summed E-state index contributed by atoms with van der Waals surface area (Å²) >= 11 is 12.0. The Morgan fingerprint density at radius 3 is 2.42 bits per heavy atom.